The number of aromatic amines is 1. The van der Waals surface area contributed by atoms with Crippen LogP contribution < -0.4 is 94.2 Å². The second-order valence-electron chi connectivity index (χ2n) is 5.99. The van der Waals surface area contributed by atoms with Crippen molar-refractivity contribution < 1.29 is 154 Å². The van der Waals surface area contributed by atoms with E-state index in [2.05, 4.69) is 28.1 Å². The first-order chi connectivity index (χ1) is 14.2. The maximum atomic E-state index is 11.8. The molecule has 0 radical (unpaired) electrons. The second-order valence-corrected chi connectivity index (χ2v) is 10.4. The number of phosphoric acid groups is 3. The van der Waals surface area contributed by atoms with Crippen molar-refractivity contribution in [2.75, 3.05) is 6.61 Å². The third-order valence-electron chi connectivity index (χ3n) is 3.79. The van der Waals surface area contributed by atoms with Crippen LogP contribution in [0.1, 0.15) is 10.5 Å². The molecule has 180 valence electrons. The van der Waals surface area contributed by atoms with E-state index in [1.165, 1.54) is 0 Å². The molecule has 0 aromatic carbocycles. The molecule has 1 saturated heterocycles. The number of phosphoric ester groups is 1. The van der Waals surface area contributed by atoms with Gasteiger partial charge >= 0.3 is 112 Å². The van der Waals surface area contributed by atoms with Gasteiger partial charge in [0.2, 0.25) is 0 Å². The minimum atomic E-state index is -5.72. The summed E-state index contributed by atoms with van der Waals surface area (Å²) in [7, 11) is -16.7. The van der Waals surface area contributed by atoms with E-state index < -0.39 is 60.2 Å². The molecular weight excluding hydrogens is 562 g/mol. The number of aliphatic hydroxyl groups is 2. The molecule has 2 aromatic rings. The summed E-state index contributed by atoms with van der Waals surface area (Å²) in [5, 5.41) is 20.3. The molecule has 3 heterocycles. The van der Waals surface area contributed by atoms with Crippen LogP contribution in [0.25, 0.3) is 11.2 Å². The zero-order chi connectivity index (χ0) is 23.2. The fraction of sp³-hybridized carbons (Fsp3) is 0.500. The summed E-state index contributed by atoms with van der Waals surface area (Å²) in [4.78, 5) is 57.2. The molecule has 0 amide bonds. The predicted octanol–water partition coefficient (Wildman–Crippen LogP) is -10.6. The Labute approximate surface area is 260 Å². The smallest absolute Gasteiger partial charge is 1.00 e. The number of imidazole rings is 1. The average molecular weight is 580 g/mol. The average Bonchev–Trinajstić information content (AvgIpc) is 3.13. The molecule has 1 aliphatic heterocycles. The van der Waals surface area contributed by atoms with Gasteiger partial charge in [-0.2, -0.15) is 8.62 Å². The number of hydrogen-bond donors (Lipinski definition) is 7. The van der Waals surface area contributed by atoms with Crippen LogP contribution in [0.5, 0.6) is 0 Å². The Balaban J connectivity index is -0.000000907. The first-order valence-electron chi connectivity index (χ1n) is 7.89. The van der Waals surface area contributed by atoms with Crippen LogP contribution in [-0.2, 0) is 31.6 Å². The van der Waals surface area contributed by atoms with E-state index in [4.69, 9.17) is 19.4 Å². The Morgan fingerprint density at radius 2 is 1.65 bits per heavy atom. The Morgan fingerprint density at radius 1 is 1.03 bits per heavy atom. The normalized spacial score (nSPS) is 25.9. The van der Waals surface area contributed by atoms with Gasteiger partial charge in [-0.05, 0) is 0 Å². The predicted molar refractivity (Wildman–Crippen MR) is 97.2 cm³/mol. The van der Waals surface area contributed by atoms with Gasteiger partial charge in [-0.25, -0.2) is 23.7 Å². The Hall–Kier alpha value is 1.64. The molecule has 34 heavy (non-hydrogen) atoms. The van der Waals surface area contributed by atoms with Crippen molar-refractivity contribution in [1.82, 2.24) is 19.5 Å². The standard InChI is InChI=1S/C10H15N4O14P3.3Na.3H/c15-6-4(1-25-30(21,22)28-31(23,24)27-29(18,19)20)26-10(7(6)16)14-3-13-5-8(14)11-2-12-9(5)17;;;;;;/h2-4,6-7,10,15-16H,1H2,(H,21,22)(H,23,24)(H,11,12,17)(H2,18,19,20);;;;;;/q;3*+1;3*-1/t4-,6-,7-,10-;;;;;;/m1....../s1. The van der Waals surface area contributed by atoms with Gasteiger partial charge in [0.25, 0.3) is 5.56 Å². The Kier molecular flexibility index (Phi) is 14.3. The summed E-state index contributed by atoms with van der Waals surface area (Å²) in [6.45, 7) is -0.987. The van der Waals surface area contributed by atoms with E-state index in [-0.39, 0.29) is 104 Å². The zero-order valence-electron chi connectivity index (χ0n) is 20.8. The van der Waals surface area contributed by atoms with Gasteiger partial charge in [-0.15, -0.1) is 0 Å². The van der Waals surface area contributed by atoms with Crippen molar-refractivity contribution in [2.24, 2.45) is 0 Å². The largest absolute Gasteiger partial charge is 1.00 e. The van der Waals surface area contributed by atoms with Gasteiger partial charge in [-0.1, -0.05) is 0 Å². The third-order valence-corrected chi connectivity index (χ3v) is 7.60. The third kappa shape index (κ3) is 9.13. The van der Waals surface area contributed by atoms with Crippen molar-refractivity contribution in [1.29, 1.82) is 0 Å². The first-order valence-corrected chi connectivity index (χ1v) is 12.4. The number of fused-ring (bicyclic) bond motifs is 1. The molecule has 1 aliphatic rings. The molecule has 0 spiro atoms. The van der Waals surface area contributed by atoms with E-state index >= 15 is 0 Å². The van der Waals surface area contributed by atoms with E-state index in [0.29, 0.717) is 0 Å². The number of nitrogens with one attached hydrogen (secondary N) is 1. The quantitative estimate of drug-likeness (QED) is 0.113. The molecule has 1 fully saturated rings. The summed E-state index contributed by atoms with van der Waals surface area (Å²) >= 11 is 0. The van der Waals surface area contributed by atoms with Crippen LogP contribution in [0.2, 0.25) is 0 Å². The minimum Gasteiger partial charge on any atom is -1.00 e. The zero-order valence-corrected chi connectivity index (χ0v) is 26.5. The van der Waals surface area contributed by atoms with Crippen LogP contribution in [-0.4, -0.2) is 74.2 Å². The minimum absolute atomic E-state index is 0. The van der Waals surface area contributed by atoms with Gasteiger partial charge in [0.05, 0.1) is 19.3 Å². The molecule has 18 nitrogen and oxygen atoms in total. The van der Waals surface area contributed by atoms with Gasteiger partial charge < -0.3 is 43.8 Å². The summed E-state index contributed by atoms with van der Waals surface area (Å²) in [5.74, 6) is 0. The van der Waals surface area contributed by atoms with E-state index in [9.17, 15) is 33.6 Å². The summed E-state index contributed by atoms with van der Waals surface area (Å²) in [6, 6.07) is 0. The van der Waals surface area contributed by atoms with E-state index in [1.54, 1.807) is 0 Å². The Morgan fingerprint density at radius 3 is 2.24 bits per heavy atom. The monoisotopic (exact) mass is 580 g/mol. The molecule has 6 atom stereocenters. The number of ether oxygens (including phenoxy) is 1. The number of nitrogens with zero attached hydrogens (tertiary/aromatic N) is 3. The molecule has 0 saturated carbocycles. The summed E-state index contributed by atoms with van der Waals surface area (Å²) in [6.07, 6.45) is -4.05. The molecule has 2 aromatic heterocycles. The van der Waals surface area contributed by atoms with Gasteiger partial charge in [0.15, 0.2) is 17.4 Å². The van der Waals surface area contributed by atoms with Crippen molar-refractivity contribution >= 4 is 34.6 Å². The maximum Gasteiger partial charge on any atom is 1.00 e. The number of rotatable bonds is 8. The molecule has 0 aliphatic carbocycles. The molecular formula is C10H18N4Na3O14P3. The first kappa shape index (κ1) is 35.6. The molecule has 0 bridgehead atoms. The SMILES string of the molecule is O=c1[nH]cnc2c1ncn2[C@@H]1O[C@H](COP(=O)(O)OP(=O)(O)OP(=O)(O)O)[C@@H](O)[C@H]1O.[H-].[H-].[H-].[Na+].[Na+].[Na+]. The van der Waals surface area contributed by atoms with Crippen molar-refractivity contribution in [3.05, 3.63) is 23.0 Å². The van der Waals surface area contributed by atoms with Crippen molar-refractivity contribution in [3.8, 4) is 0 Å². The van der Waals surface area contributed by atoms with Crippen molar-refractivity contribution in [2.45, 2.75) is 24.5 Å². The van der Waals surface area contributed by atoms with Crippen LogP contribution in [0.4, 0.5) is 0 Å². The van der Waals surface area contributed by atoms with Gasteiger partial charge in [0.1, 0.15) is 18.3 Å². The van der Waals surface area contributed by atoms with Crippen molar-refractivity contribution in [3.63, 3.8) is 0 Å². The Bertz CT molecular complexity index is 1190. The maximum absolute atomic E-state index is 11.8. The van der Waals surface area contributed by atoms with E-state index in [0.717, 1.165) is 17.2 Å². The number of aliphatic hydroxyl groups excluding tert-OH is 2. The van der Waals surface area contributed by atoms with Gasteiger partial charge in [0, 0.05) is 0 Å². The molecule has 7 N–H and O–H groups in total. The van der Waals surface area contributed by atoms with Crippen LogP contribution >= 0.6 is 23.5 Å². The number of aromatic nitrogens is 4. The second kappa shape index (κ2) is 13.6. The van der Waals surface area contributed by atoms with E-state index in [1.807, 2.05) is 0 Å². The van der Waals surface area contributed by atoms with Crippen LogP contribution in [0, 0.1) is 0 Å². The summed E-state index contributed by atoms with van der Waals surface area (Å²) in [5.41, 5.74) is -0.681. The fourth-order valence-corrected chi connectivity index (χ4v) is 5.65. The van der Waals surface area contributed by atoms with Crippen LogP contribution in [0.3, 0.4) is 0 Å². The molecule has 3 rings (SSSR count). The summed E-state index contributed by atoms with van der Waals surface area (Å²) < 4.78 is 51.6. The van der Waals surface area contributed by atoms with Crippen LogP contribution in [0.15, 0.2) is 17.4 Å². The number of H-pyrrole nitrogens is 1. The topological polar surface area (TPSA) is 273 Å². The fourth-order valence-electron chi connectivity index (χ4n) is 2.62. The molecule has 2 unspecified atom stereocenters. The number of hydrogen-bond acceptors (Lipinski definition) is 12. The van der Waals surface area contributed by atoms with Gasteiger partial charge in [-0.3, -0.25) is 13.9 Å². The molecule has 24 heteroatoms.